The molecule has 0 amide bonds. The van der Waals surface area contributed by atoms with Crippen molar-refractivity contribution in [1.82, 2.24) is 0 Å². The average molecular weight is 298 g/mol. The Labute approximate surface area is 133 Å². The molecule has 118 valence electrons. The fourth-order valence-electron chi connectivity index (χ4n) is 2.64. The Hall–Kier alpha value is -1.83. The van der Waals surface area contributed by atoms with Crippen molar-refractivity contribution in [3.05, 3.63) is 53.3 Å². The molecule has 0 bridgehead atoms. The van der Waals surface area contributed by atoms with E-state index in [0.29, 0.717) is 5.76 Å². The number of ether oxygens (including phenoxy) is 1. The van der Waals surface area contributed by atoms with Crippen LogP contribution in [0.1, 0.15) is 52.2 Å². The van der Waals surface area contributed by atoms with E-state index in [2.05, 4.69) is 52.0 Å². The predicted octanol–water partition coefficient (Wildman–Crippen LogP) is 5.28. The van der Waals surface area contributed by atoms with Crippen LogP contribution >= 0.6 is 0 Å². The smallest absolute Gasteiger partial charge is 0.317 e. The maximum atomic E-state index is 12.2. The van der Waals surface area contributed by atoms with Crippen LogP contribution in [0.2, 0.25) is 0 Å². The minimum atomic E-state index is -0.336. The number of esters is 1. The van der Waals surface area contributed by atoms with Crippen LogP contribution in [0.3, 0.4) is 0 Å². The lowest BCUT2D eigenvalue weighted by atomic mass is 9.98. The molecule has 0 aliphatic heterocycles. The van der Waals surface area contributed by atoms with Gasteiger partial charge >= 0.3 is 5.97 Å². The van der Waals surface area contributed by atoms with Gasteiger partial charge in [-0.3, -0.25) is 4.79 Å². The van der Waals surface area contributed by atoms with E-state index in [0.717, 1.165) is 12.0 Å². The van der Waals surface area contributed by atoms with Crippen molar-refractivity contribution >= 4 is 11.5 Å². The van der Waals surface area contributed by atoms with Gasteiger partial charge in [0.15, 0.2) is 0 Å². The van der Waals surface area contributed by atoms with Crippen molar-refractivity contribution in [3.8, 4) is 0 Å². The molecule has 0 saturated heterocycles. The maximum Gasteiger partial charge on any atom is 0.317 e. The highest BCUT2D eigenvalue weighted by atomic mass is 16.5. The summed E-state index contributed by atoms with van der Waals surface area (Å²) in [6, 6.07) is 8.40. The third kappa shape index (κ3) is 3.32. The molecule has 0 N–H and O–H groups in total. The molecule has 1 aromatic rings. The minimum absolute atomic E-state index is 0.0536. The molecule has 1 aromatic carbocycles. The van der Waals surface area contributed by atoms with E-state index in [4.69, 9.17) is 4.74 Å². The lowest BCUT2D eigenvalue weighted by Gasteiger charge is -2.13. The van der Waals surface area contributed by atoms with Crippen molar-refractivity contribution < 1.29 is 9.53 Å². The lowest BCUT2D eigenvalue weighted by Crippen LogP contribution is -2.20. The second-order valence-electron chi connectivity index (χ2n) is 7.28. The van der Waals surface area contributed by atoms with E-state index >= 15 is 0 Å². The van der Waals surface area contributed by atoms with Gasteiger partial charge in [-0.25, -0.2) is 0 Å². The van der Waals surface area contributed by atoms with E-state index in [1.165, 1.54) is 11.1 Å². The Morgan fingerprint density at radius 3 is 2.14 bits per heavy atom. The molecule has 0 heterocycles. The molecular formula is C20H26O2. The van der Waals surface area contributed by atoms with Crippen molar-refractivity contribution in [2.24, 2.45) is 10.8 Å². The van der Waals surface area contributed by atoms with E-state index in [1.807, 2.05) is 26.0 Å². The van der Waals surface area contributed by atoms with Gasteiger partial charge in [0, 0.05) is 0 Å². The molecule has 1 fully saturated rings. The van der Waals surface area contributed by atoms with Gasteiger partial charge in [-0.15, -0.1) is 0 Å². The zero-order valence-electron chi connectivity index (χ0n) is 14.5. The Bertz CT molecular complexity index is 632. The molecule has 22 heavy (non-hydrogen) atoms. The number of carbonyl (C=O) groups is 1. The third-order valence-electron chi connectivity index (χ3n) is 4.94. The molecule has 1 unspecified atom stereocenters. The van der Waals surface area contributed by atoms with Gasteiger partial charge in [0.2, 0.25) is 0 Å². The first-order valence-electron chi connectivity index (χ1n) is 7.80. The maximum absolute atomic E-state index is 12.2. The van der Waals surface area contributed by atoms with Crippen LogP contribution < -0.4 is 0 Å². The quantitative estimate of drug-likeness (QED) is 0.429. The molecule has 0 spiro atoms. The second-order valence-corrected chi connectivity index (χ2v) is 7.28. The first-order valence-corrected chi connectivity index (χ1v) is 7.80. The summed E-state index contributed by atoms with van der Waals surface area (Å²) in [6.07, 6.45) is 4.75. The van der Waals surface area contributed by atoms with E-state index in [9.17, 15) is 4.79 Å². The summed E-state index contributed by atoms with van der Waals surface area (Å²) in [4.78, 5) is 12.2. The summed E-state index contributed by atoms with van der Waals surface area (Å²) in [5, 5.41) is 0. The van der Waals surface area contributed by atoms with Gasteiger partial charge in [-0.1, -0.05) is 49.8 Å². The zero-order chi connectivity index (χ0) is 16.5. The molecule has 0 aromatic heterocycles. The van der Waals surface area contributed by atoms with Gasteiger partial charge in [0.25, 0.3) is 0 Å². The zero-order valence-corrected chi connectivity index (χ0v) is 14.5. The largest absolute Gasteiger partial charge is 0.431 e. The summed E-state index contributed by atoms with van der Waals surface area (Å²) in [5.74, 6) is 0.521. The molecule has 2 rings (SSSR count). The van der Waals surface area contributed by atoms with Crippen LogP contribution in [-0.2, 0) is 9.53 Å². The summed E-state index contributed by atoms with van der Waals surface area (Å²) < 4.78 is 5.50. The number of aryl methyl sites for hydroxylation is 1. The first-order chi connectivity index (χ1) is 10.2. The molecule has 1 saturated carbocycles. The highest BCUT2D eigenvalue weighted by Crippen LogP contribution is 2.63. The number of allylic oxidation sites excluding steroid dienone is 4. The van der Waals surface area contributed by atoms with Crippen molar-refractivity contribution in [2.45, 2.75) is 48.0 Å². The summed E-state index contributed by atoms with van der Waals surface area (Å²) >= 11 is 0. The average Bonchev–Trinajstić information content (AvgIpc) is 2.97. The van der Waals surface area contributed by atoms with Crippen LogP contribution in [0.5, 0.6) is 0 Å². The van der Waals surface area contributed by atoms with Gasteiger partial charge in [-0.05, 0) is 56.7 Å². The van der Waals surface area contributed by atoms with Crippen LogP contribution in [0.15, 0.2) is 42.2 Å². The molecule has 1 aliphatic carbocycles. The number of benzene rings is 1. The van der Waals surface area contributed by atoms with Gasteiger partial charge in [0.05, 0.1) is 5.41 Å². The Morgan fingerprint density at radius 2 is 1.64 bits per heavy atom. The second kappa shape index (κ2) is 5.75. The molecule has 0 radical (unpaired) electrons. The van der Waals surface area contributed by atoms with Crippen molar-refractivity contribution in [2.75, 3.05) is 0 Å². The van der Waals surface area contributed by atoms with Gasteiger partial charge < -0.3 is 4.74 Å². The highest BCUT2D eigenvalue weighted by molar-refractivity contribution is 5.82. The topological polar surface area (TPSA) is 26.3 Å². The van der Waals surface area contributed by atoms with E-state index in [-0.39, 0.29) is 16.8 Å². The molecule has 1 atom stereocenters. The highest BCUT2D eigenvalue weighted by Gasteiger charge is 2.63. The van der Waals surface area contributed by atoms with Crippen LogP contribution in [-0.4, -0.2) is 5.97 Å². The summed E-state index contributed by atoms with van der Waals surface area (Å²) in [5.41, 5.74) is 3.29. The summed E-state index contributed by atoms with van der Waals surface area (Å²) in [7, 11) is 0. The first kappa shape index (κ1) is 16.5. The molecule has 2 nitrogen and oxygen atoms in total. The van der Waals surface area contributed by atoms with Crippen molar-refractivity contribution in [1.29, 1.82) is 0 Å². The monoisotopic (exact) mass is 298 g/mol. The summed E-state index contributed by atoms with van der Waals surface area (Å²) in [6.45, 7) is 12.2. The van der Waals surface area contributed by atoms with Crippen molar-refractivity contribution in [3.63, 3.8) is 0 Å². The fourth-order valence-corrected chi connectivity index (χ4v) is 2.64. The van der Waals surface area contributed by atoms with Gasteiger partial charge in [0.1, 0.15) is 5.76 Å². The normalized spacial score (nSPS) is 24.1. The lowest BCUT2D eigenvalue weighted by molar-refractivity contribution is -0.146. The molecular weight excluding hydrogens is 272 g/mol. The molecule has 1 aliphatic rings. The predicted molar refractivity (Wildman–Crippen MR) is 91.2 cm³/mol. The van der Waals surface area contributed by atoms with E-state index in [1.54, 1.807) is 0 Å². The number of hydrogen-bond acceptors (Lipinski definition) is 2. The van der Waals surface area contributed by atoms with Crippen LogP contribution in [0, 0.1) is 17.8 Å². The molecule has 2 heteroatoms. The van der Waals surface area contributed by atoms with E-state index < -0.39 is 0 Å². The minimum Gasteiger partial charge on any atom is -0.431 e. The van der Waals surface area contributed by atoms with Crippen LogP contribution in [0.25, 0.3) is 5.57 Å². The fraction of sp³-hybridized carbons (Fsp3) is 0.450. The Morgan fingerprint density at radius 1 is 1.09 bits per heavy atom. The number of carbonyl (C=O) groups excluding carboxylic acids is 1. The number of rotatable bonds is 4. The van der Waals surface area contributed by atoms with Gasteiger partial charge in [-0.2, -0.15) is 0 Å². The SMILES string of the molecule is C/C(=C\C=C(/C)c1ccc(C)cc1)OC(=O)C1(C)CC1(C)C. The third-order valence-corrected chi connectivity index (χ3v) is 4.94. The van der Waals surface area contributed by atoms with Crippen LogP contribution in [0.4, 0.5) is 0 Å². The standard InChI is InChI=1S/C20H26O2/c1-14-7-11-17(12-8-14)15(2)9-10-16(3)22-18(21)20(6)13-19(20,4)5/h7-12H,13H2,1-6H3/b15-9+,16-10+. The Balaban J connectivity index is 2.02. The number of hydrogen-bond donors (Lipinski definition) is 0. The Kier molecular flexibility index (Phi) is 4.32.